The van der Waals surface area contributed by atoms with Crippen LogP contribution in [0.25, 0.3) is 0 Å². The van der Waals surface area contributed by atoms with Crippen molar-refractivity contribution in [1.82, 2.24) is 16.2 Å². The van der Waals surface area contributed by atoms with Crippen LogP contribution in [0.4, 0.5) is 0 Å². The molecule has 0 aliphatic rings. The fraction of sp³-hybridized carbons (Fsp3) is 0.471. The predicted octanol–water partition coefficient (Wildman–Crippen LogP) is 0.916. The van der Waals surface area contributed by atoms with Gasteiger partial charge in [0.15, 0.2) is 0 Å². The van der Waals surface area contributed by atoms with Crippen LogP contribution in [0.1, 0.15) is 33.6 Å². The van der Waals surface area contributed by atoms with Crippen LogP contribution in [0, 0.1) is 0 Å². The number of nitrogens with one attached hydrogen (secondary N) is 3. The van der Waals surface area contributed by atoms with Gasteiger partial charge >= 0.3 is 11.8 Å². The van der Waals surface area contributed by atoms with Crippen molar-refractivity contribution >= 4 is 17.7 Å². The Bertz CT molecular complexity index is 572. The molecule has 0 spiro atoms. The molecule has 0 heterocycles. The Kier molecular flexibility index (Phi) is 8.84. The van der Waals surface area contributed by atoms with Gasteiger partial charge in [-0.05, 0) is 51.5 Å². The van der Waals surface area contributed by atoms with Gasteiger partial charge in [0.2, 0.25) is 5.91 Å². The molecule has 0 unspecified atom stereocenters. The van der Waals surface area contributed by atoms with Crippen LogP contribution >= 0.6 is 0 Å². The van der Waals surface area contributed by atoms with Gasteiger partial charge in [0, 0.05) is 12.5 Å². The highest BCUT2D eigenvalue weighted by Gasteiger charge is 2.14. The molecule has 8 heteroatoms. The van der Waals surface area contributed by atoms with Crippen molar-refractivity contribution in [2.75, 3.05) is 13.2 Å². The van der Waals surface area contributed by atoms with Crippen molar-refractivity contribution in [2.45, 2.75) is 39.7 Å². The number of benzene rings is 1. The quantitative estimate of drug-likeness (QED) is 0.367. The maximum atomic E-state index is 11.6. The van der Waals surface area contributed by atoms with Crippen LogP contribution in [-0.2, 0) is 14.4 Å². The fourth-order valence-corrected chi connectivity index (χ4v) is 1.79. The molecule has 1 rings (SSSR count). The van der Waals surface area contributed by atoms with E-state index < -0.39 is 17.7 Å². The van der Waals surface area contributed by atoms with Gasteiger partial charge in [0.05, 0.1) is 13.2 Å². The van der Waals surface area contributed by atoms with Crippen LogP contribution in [0.15, 0.2) is 24.3 Å². The topological polar surface area (TPSA) is 106 Å². The van der Waals surface area contributed by atoms with Gasteiger partial charge in [-0.1, -0.05) is 0 Å². The maximum absolute atomic E-state index is 11.6. The Morgan fingerprint density at radius 2 is 1.56 bits per heavy atom. The summed E-state index contributed by atoms with van der Waals surface area (Å²) in [6.45, 7) is 6.32. The molecule has 0 fully saturated rings. The molecule has 0 aliphatic carbocycles. The number of carbonyl (C=O) groups excluding carboxylic acids is 3. The highest BCUT2D eigenvalue weighted by Crippen LogP contribution is 2.17. The van der Waals surface area contributed by atoms with Gasteiger partial charge in [-0.25, -0.2) is 0 Å². The number of hydrogen-bond donors (Lipinski definition) is 3. The van der Waals surface area contributed by atoms with Gasteiger partial charge in [0.1, 0.15) is 11.5 Å². The van der Waals surface area contributed by atoms with E-state index in [1.54, 1.807) is 26.0 Å². The largest absolute Gasteiger partial charge is 0.494 e. The minimum Gasteiger partial charge on any atom is -0.494 e. The van der Waals surface area contributed by atoms with E-state index >= 15 is 0 Å². The number of ether oxygens (including phenoxy) is 2. The van der Waals surface area contributed by atoms with Gasteiger partial charge in [-0.2, -0.15) is 0 Å². The summed E-state index contributed by atoms with van der Waals surface area (Å²) in [6, 6.07) is 7.04. The van der Waals surface area contributed by atoms with Crippen LogP contribution in [0.3, 0.4) is 0 Å². The lowest BCUT2D eigenvalue weighted by molar-refractivity contribution is -0.141. The van der Waals surface area contributed by atoms with Crippen LogP contribution in [0.2, 0.25) is 0 Å². The van der Waals surface area contributed by atoms with Crippen molar-refractivity contribution in [3.8, 4) is 11.5 Å². The second-order valence-electron chi connectivity index (χ2n) is 5.49. The molecule has 0 saturated heterocycles. The molecule has 0 saturated carbocycles. The molecular weight excluding hydrogens is 326 g/mol. The molecule has 138 valence electrons. The average molecular weight is 351 g/mol. The number of hydrazine groups is 1. The molecule has 1 aromatic carbocycles. The molecule has 0 aromatic heterocycles. The summed E-state index contributed by atoms with van der Waals surface area (Å²) in [6.07, 6.45) is 0.621. The molecule has 0 radical (unpaired) electrons. The van der Waals surface area contributed by atoms with E-state index in [0.29, 0.717) is 25.4 Å². The number of amides is 3. The first-order chi connectivity index (χ1) is 11.9. The lowest BCUT2D eigenvalue weighted by Crippen LogP contribution is -2.49. The predicted molar refractivity (Wildman–Crippen MR) is 91.9 cm³/mol. The second-order valence-corrected chi connectivity index (χ2v) is 5.49. The Morgan fingerprint density at radius 3 is 2.12 bits per heavy atom. The Balaban J connectivity index is 2.18. The first-order valence-corrected chi connectivity index (χ1v) is 8.17. The minimum atomic E-state index is -0.910. The number of rotatable bonds is 8. The van der Waals surface area contributed by atoms with Gasteiger partial charge in [-0.15, -0.1) is 0 Å². The number of carbonyl (C=O) groups is 3. The van der Waals surface area contributed by atoms with Crippen molar-refractivity contribution < 1.29 is 23.9 Å². The van der Waals surface area contributed by atoms with E-state index in [0.717, 1.165) is 5.75 Å². The van der Waals surface area contributed by atoms with Crippen molar-refractivity contribution in [3.63, 3.8) is 0 Å². The summed E-state index contributed by atoms with van der Waals surface area (Å²) in [5.41, 5.74) is 4.24. The average Bonchev–Trinajstić information content (AvgIpc) is 2.57. The van der Waals surface area contributed by atoms with Gasteiger partial charge in [0.25, 0.3) is 0 Å². The van der Waals surface area contributed by atoms with E-state index in [4.69, 9.17) is 9.47 Å². The van der Waals surface area contributed by atoms with Crippen molar-refractivity contribution in [1.29, 1.82) is 0 Å². The first kappa shape index (κ1) is 20.3. The summed E-state index contributed by atoms with van der Waals surface area (Å²) in [5, 5.41) is 2.42. The molecule has 3 amide bonds. The zero-order valence-corrected chi connectivity index (χ0v) is 14.8. The smallest absolute Gasteiger partial charge is 0.327 e. The molecule has 0 bridgehead atoms. The highest BCUT2D eigenvalue weighted by atomic mass is 16.5. The van der Waals surface area contributed by atoms with E-state index in [-0.39, 0.29) is 12.5 Å². The highest BCUT2D eigenvalue weighted by molar-refractivity contribution is 6.35. The summed E-state index contributed by atoms with van der Waals surface area (Å²) in [5.74, 6) is -0.656. The zero-order chi connectivity index (χ0) is 18.7. The Morgan fingerprint density at radius 1 is 0.960 bits per heavy atom. The van der Waals surface area contributed by atoms with E-state index in [1.807, 2.05) is 19.1 Å². The Labute approximate surface area is 147 Å². The third-order valence-corrected chi connectivity index (χ3v) is 2.89. The van der Waals surface area contributed by atoms with Crippen molar-refractivity contribution in [3.05, 3.63) is 24.3 Å². The molecule has 0 aliphatic heterocycles. The summed E-state index contributed by atoms with van der Waals surface area (Å²) >= 11 is 0. The first-order valence-electron chi connectivity index (χ1n) is 8.17. The lowest BCUT2D eigenvalue weighted by Gasteiger charge is -2.10. The standard InChI is InChI=1S/C17H25N3O5/c1-4-24-13-7-9-14(10-8-13)25-11-5-6-15(21)19-20-17(23)16(22)18-12(2)3/h7-10,12H,4-6,11H2,1-3H3,(H,18,22)(H,19,21)(H,20,23). The molecule has 3 N–H and O–H groups in total. The van der Waals surface area contributed by atoms with Crippen LogP contribution in [0.5, 0.6) is 11.5 Å². The fourth-order valence-electron chi connectivity index (χ4n) is 1.79. The SMILES string of the molecule is CCOc1ccc(OCCCC(=O)NNC(=O)C(=O)NC(C)C)cc1. The minimum absolute atomic E-state index is 0.156. The van der Waals surface area contributed by atoms with E-state index in [2.05, 4.69) is 16.2 Å². The third kappa shape index (κ3) is 8.59. The second kappa shape index (κ2) is 10.9. The zero-order valence-electron chi connectivity index (χ0n) is 14.8. The summed E-state index contributed by atoms with van der Waals surface area (Å²) in [4.78, 5) is 34.3. The van der Waals surface area contributed by atoms with Crippen LogP contribution < -0.4 is 25.6 Å². The molecule has 0 atom stereocenters. The van der Waals surface area contributed by atoms with Gasteiger partial charge < -0.3 is 14.8 Å². The van der Waals surface area contributed by atoms with E-state index in [1.165, 1.54) is 0 Å². The summed E-state index contributed by atoms with van der Waals surface area (Å²) in [7, 11) is 0. The maximum Gasteiger partial charge on any atom is 0.327 e. The lowest BCUT2D eigenvalue weighted by atomic mass is 10.3. The Hall–Kier alpha value is -2.77. The normalized spacial score (nSPS) is 10.1. The molecule has 25 heavy (non-hydrogen) atoms. The van der Waals surface area contributed by atoms with Gasteiger partial charge in [-0.3, -0.25) is 25.2 Å². The van der Waals surface area contributed by atoms with Crippen LogP contribution in [-0.4, -0.2) is 37.0 Å². The molecule has 1 aromatic rings. The molecular formula is C17H25N3O5. The third-order valence-electron chi connectivity index (χ3n) is 2.89. The monoisotopic (exact) mass is 351 g/mol. The van der Waals surface area contributed by atoms with E-state index in [9.17, 15) is 14.4 Å². The molecule has 8 nitrogen and oxygen atoms in total. The van der Waals surface area contributed by atoms with Crippen molar-refractivity contribution in [2.24, 2.45) is 0 Å². The summed E-state index contributed by atoms with van der Waals surface area (Å²) < 4.78 is 10.8. The number of hydrogen-bond acceptors (Lipinski definition) is 5.